The van der Waals surface area contributed by atoms with Gasteiger partial charge in [-0.1, -0.05) is 6.07 Å². The Hall–Kier alpha value is -1.81. The highest BCUT2D eigenvalue weighted by Gasteiger charge is 2.14. The smallest absolute Gasteiger partial charge is 0.165 e. The van der Waals surface area contributed by atoms with Gasteiger partial charge < -0.3 is 14.5 Å². The lowest BCUT2D eigenvalue weighted by molar-refractivity contribution is 0.383. The first kappa shape index (κ1) is 13.6. The molecule has 0 amide bonds. The number of halogens is 1. The van der Waals surface area contributed by atoms with Crippen molar-refractivity contribution in [1.82, 2.24) is 5.32 Å². The van der Waals surface area contributed by atoms with Crippen LogP contribution in [0.2, 0.25) is 0 Å². The minimum absolute atomic E-state index is 0.0144. The highest BCUT2D eigenvalue weighted by atomic mass is 19.1. The van der Waals surface area contributed by atoms with Crippen LogP contribution in [-0.2, 0) is 0 Å². The predicted molar refractivity (Wildman–Crippen MR) is 71.6 cm³/mol. The Morgan fingerprint density at radius 2 is 2.00 bits per heavy atom. The fraction of sp³-hybridized carbons (Fsp3) is 0.333. The Kier molecular flexibility index (Phi) is 4.22. The molecule has 1 aromatic carbocycles. The zero-order chi connectivity index (χ0) is 13.8. The molecule has 4 heteroatoms. The van der Waals surface area contributed by atoms with E-state index in [0.717, 1.165) is 11.3 Å². The fourth-order valence-corrected chi connectivity index (χ4v) is 2.04. The number of ether oxygens (including phenoxy) is 1. The molecule has 0 radical (unpaired) electrons. The van der Waals surface area contributed by atoms with Crippen LogP contribution in [0.4, 0.5) is 4.39 Å². The van der Waals surface area contributed by atoms with Gasteiger partial charge in [0, 0.05) is 6.04 Å². The van der Waals surface area contributed by atoms with Gasteiger partial charge in [-0.15, -0.1) is 0 Å². The molecule has 1 unspecified atom stereocenters. The van der Waals surface area contributed by atoms with E-state index in [4.69, 9.17) is 9.15 Å². The van der Waals surface area contributed by atoms with Crippen molar-refractivity contribution in [1.29, 1.82) is 0 Å². The summed E-state index contributed by atoms with van der Waals surface area (Å²) in [6, 6.07) is 8.83. The van der Waals surface area contributed by atoms with E-state index in [9.17, 15) is 4.39 Å². The molecule has 0 saturated carbocycles. The van der Waals surface area contributed by atoms with Crippen LogP contribution >= 0.6 is 0 Å². The van der Waals surface area contributed by atoms with Crippen molar-refractivity contribution in [2.75, 3.05) is 7.11 Å². The third-order valence-corrected chi connectivity index (χ3v) is 3.15. The van der Waals surface area contributed by atoms with E-state index in [0.29, 0.717) is 0 Å². The van der Waals surface area contributed by atoms with Crippen LogP contribution in [0, 0.1) is 5.82 Å². The van der Waals surface area contributed by atoms with Crippen molar-refractivity contribution in [3.8, 4) is 5.75 Å². The largest absolute Gasteiger partial charge is 0.494 e. The molecule has 0 aliphatic heterocycles. The van der Waals surface area contributed by atoms with Crippen molar-refractivity contribution >= 4 is 0 Å². The first-order valence-electron chi connectivity index (χ1n) is 6.24. The van der Waals surface area contributed by atoms with Gasteiger partial charge in [-0.25, -0.2) is 4.39 Å². The summed E-state index contributed by atoms with van der Waals surface area (Å²) in [5.74, 6) is 0.773. The van der Waals surface area contributed by atoms with Crippen LogP contribution in [0.1, 0.15) is 37.3 Å². The molecule has 2 atom stereocenters. The van der Waals surface area contributed by atoms with E-state index in [1.807, 2.05) is 32.0 Å². The molecule has 0 aliphatic rings. The molecule has 1 aromatic heterocycles. The van der Waals surface area contributed by atoms with Gasteiger partial charge >= 0.3 is 0 Å². The predicted octanol–water partition coefficient (Wildman–Crippen LogP) is 3.84. The summed E-state index contributed by atoms with van der Waals surface area (Å²) in [7, 11) is 1.46. The maximum Gasteiger partial charge on any atom is 0.165 e. The summed E-state index contributed by atoms with van der Waals surface area (Å²) in [5, 5.41) is 3.36. The summed E-state index contributed by atoms with van der Waals surface area (Å²) in [5.41, 5.74) is 0.872. The first-order chi connectivity index (χ1) is 9.11. The number of hydrogen-bond acceptors (Lipinski definition) is 3. The molecule has 0 fully saturated rings. The minimum atomic E-state index is -0.348. The molecule has 1 N–H and O–H groups in total. The molecule has 1 heterocycles. The minimum Gasteiger partial charge on any atom is -0.494 e. The van der Waals surface area contributed by atoms with E-state index < -0.39 is 0 Å². The van der Waals surface area contributed by atoms with E-state index in [1.165, 1.54) is 13.2 Å². The summed E-state index contributed by atoms with van der Waals surface area (Å²) >= 11 is 0. The summed E-state index contributed by atoms with van der Waals surface area (Å²) in [6.07, 6.45) is 1.64. The van der Waals surface area contributed by atoms with E-state index in [1.54, 1.807) is 12.3 Å². The molecule has 0 aliphatic carbocycles. The zero-order valence-corrected chi connectivity index (χ0v) is 11.3. The third kappa shape index (κ3) is 3.15. The van der Waals surface area contributed by atoms with Crippen LogP contribution in [-0.4, -0.2) is 7.11 Å². The van der Waals surface area contributed by atoms with E-state index in [-0.39, 0.29) is 23.7 Å². The molecule has 3 nitrogen and oxygen atoms in total. The molecular weight excluding hydrogens is 245 g/mol. The Labute approximate surface area is 112 Å². The molecule has 0 spiro atoms. The number of nitrogens with one attached hydrogen (secondary N) is 1. The molecule has 0 bridgehead atoms. The van der Waals surface area contributed by atoms with Gasteiger partial charge in [-0.3, -0.25) is 0 Å². The number of methoxy groups -OCH3 is 1. The van der Waals surface area contributed by atoms with Gasteiger partial charge in [0.05, 0.1) is 19.4 Å². The second kappa shape index (κ2) is 5.89. The van der Waals surface area contributed by atoms with Crippen LogP contribution in [0.3, 0.4) is 0 Å². The second-order valence-corrected chi connectivity index (χ2v) is 4.52. The standard InChI is InChI=1S/C15H18FNO2/c1-10(17-11(2)14-5-4-8-19-14)12-6-7-15(18-3)13(16)9-12/h4-11,17H,1-3H3/t10?,11-/m0/s1. The average molecular weight is 263 g/mol. The maximum absolute atomic E-state index is 13.7. The highest BCUT2D eigenvalue weighted by Crippen LogP contribution is 2.24. The molecule has 102 valence electrons. The maximum atomic E-state index is 13.7. The highest BCUT2D eigenvalue weighted by molar-refractivity contribution is 5.30. The Morgan fingerprint density at radius 3 is 2.58 bits per heavy atom. The van der Waals surface area contributed by atoms with E-state index in [2.05, 4.69) is 5.32 Å². The Balaban J connectivity index is 2.07. The van der Waals surface area contributed by atoms with Crippen molar-refractivity contribution in [2.45, 2.75) is 25.9 Å². The Bertz CT molecular complexity index is 525. The second-order valence-electron chi connectivity index (χ2n) is 4.52. The van der Waals surface area contributed by atoms with Crippen LogP contribution < -0.4 is 10.1 Å². The Morgan fingerprint density at radius 1 is 1.21 bits per heavy atom. The van der Waals surface area contributed by atoms with Crippen LogP contribution in [0.15, 0.2) is 41.0 Å². The number of furan rings is 1. The summed E-state index contributed by atoms with van der Waals surface area (Å²) < 4.78 is 23.9. The molecule has 19 heavy (non-hydrogen) atoms. The normalized spacial score (nSPS) is 14.1. The lowest BCUT2D eigenvalue weighted by Gasteiger charge is -2.19. The van der Waals surface area contributed by atoms with Crippen LogP contribution in [0.5, 0.6) is 5.75 Å². The van der Waals surface area contributed by atoms with Gasteiger partial charge in [0.25, 0.3) is 0 Å². The van der Waals surface area contributed by atoms with E-state index >= 15 is 0 Å². The summed E-state index contributed by atoms with van der Waals surface area (Å²) in [6.45, 7) is 4.00. The van der Waals surface area contributed by atoms with Crippen LogP contribution in [0.25, 0.3) is 0 Å². The lowest BCUT2D eigenvalue weighted by Crippen LogP contribution is -2.22. The lowest BCUT2D eigenvalue weighted by atomic mass is 10.1. The van der Waals surface area contributed by atoms with Crippen molar-refractivity contribution < 1.29 is 13.5 Å². The monoisotopic (exact) mass is 263 g/mol. The molecular formula is C15H18FNO2. The quantitative estimate of drug-likeness (QED) is 0.890. The SMILES string of the molecule is COc1ccc(C(C)N[C@@H](C)c2ccco2)cc1F. The van der Waals surface area contributed by atoms with Gasteiger partial charge in [-0.05, 0) is 43.7 Å². The van der Waals surface area contributed by atoms with Gasteiger partial charge in [0.1, 0.15) is 5.76 Å². The van der Waals surface area contributed by atoms with Gasteiger partial charge in [0.15, 0.2) is 11.6 Å². The van der Waals surface area contributed by atoms with Crippen molar-refractivity contribution in [3.63, 3.8) is 0 Å². The third-order valence-electron chi connectivity index (χ3n) is 3.15. The number of rotatable bonds is 5. The fourth-order valence-electron chi connectivity index (χ4n) is 2.04. The average Bonchev–Trinajstić information content (AvgIpc) is 2.92. The summed E-state index contributed by atoms with van der Waals surface area (Å²) in [4.78, 5) is 0. The van der Waals surface area contributed by atoms with Gasteiger partial charge in [0.2, 0.25) is 0 Å². The van der Waals surface area contributed by atoms with Gasteiger partial charge in [-0.2, -0.15) is 0 Å². The van der Waals surface area contributed by atoms with Crippen molar-refractivity contribution in [2.24, 2.45) is 0 Å². The number of benzene rings is 1. The first-order valence-corrected chi connectivity index (χ1v) is 6.24. The topological polar surface area (TPSA) is 34.4 Å². The molecule has 2 aromatic rings. The van der Waals surface area contributed by atoms with Crippen molar-refractivity contribution in [3.05, 3.63) is 53.7 Å². The molecule has 0 saturated heterocycles. The number of hydrogen-bond donors (Lipinski definition) is 1. The molecule has 2 rings (SSSR count). The zero-order valence-electron chi connectivity index (χ0n) is 11.3.